The average Bonchev–Trinajstić information content (AvgIpc) is 3.11. The molecule has 1 aromatic heterocycles. The molecule has 24 heavy (non-hydrogen) atoms. The Bertz CT molecular complexity index is 669. The van der Waals surface area contributed by atoms with E-state index in [1.165, 1.54) is 13.4 Å². The Morgan fingerprint density at radius 1 is 1.17 bits per heavy atom. The van der Waals surface area contributed by atoms with Crippen molar-refractivity contribution < 1.29 is 23.5 Å². The number of carbonyl (C=O) groups excluding carboxylic acids is 2. The lowest BCUT2D eigenvalue weighted by Gasteiger charge is -2.14. The molecule has 0 radical (unpaired) electrons. The maximum atomic E-state index is 12.0. The topological polar surface area (TPSA) is 89.8 Å². The molecule has 0 aliphatic rings. The molecule has 1 atom stereocenters. The first kappa shape index (κ1) is 17.6. The largest absolute Gasteiger partial charge is 0.492 e. The van der Waals surface area contributed by atoms with Crippen LogP contribution in [0.1, 0.15) is 18.8 Å². The quantitative estimate of drug-likeness (QED) is 0.758. The number of hydrogen-bond acceptors (Lipinski definition) is 5. The number of nitrogens with one attached hydrogen (secondary N) is 2. The zero-order valence-electron chi connectivity index (χ0n) is 13.6. The SMILES string of the molecule is CCOc1ccccc1NC(=O)C(=O)NCC(OC)c1ccco1. The van der Waals surface area contributed by atoms with Crippen molar-refractivity contribution in [1.82, 2.24) is 5.32 Å². The zero-order chi connectivity index (χ0) is 17.4. The number of methoxy groups -OCH3 is 1. The molecular weight excluding hydrogens is 312 g/mol. The van der Waals surface area contributed by atoms with Crippen molar-refractivity contribution in [3.8, 4) is 5.75 Å². The van der Waals surface area contributed by atoms with E-state index in [0.29, 0.717) is 23.8 Å². The lowest BCUT2D eigenvalue weighted by atomic mass is 10.2. The van der Waals surface area contributed by atoms with Gasteiger partial charge < -0.3 is 24.5 Å². The summed E-state index contributed by atoms with van der Waals surface area (Å²) in [6, 6.07) is 10.4. The maximum Gasteiger partial charge on any atom is 0.313 e. The van der Waals surface area contributed by atoms with Crippen LogP contribution in [0.4, 0.5) is 5.69 Å². The number of hydrogen-bond donors (Lipinski definition) is 2. The van der Waals surface area contributed by atoms with Gasteiger partial charge in [-0.25, -0.2) is 0 Å². The van der Waals surface area contributed by atoms with E-state index in [1.54, 1.807) is 36.4 Å². The number of amides is 2. The molecule has 1 aromatic carbocycles. The minimum Gasteiger partial charge on any atom is -0.492 e. The number of carbonyl (C=O) groups is 2. The van der Waals surface area contributed by atoms with Gasteiger partial charge in [0.15, 0.2) is 0 Å². The predicted octanol–water partition coefficient (Wildman–Crippen LogP) is 2.12. The predicted molar refractivity (Wildman–Crippen MR) is 87.7 cm³/mol. The van der Waals surface area contributed by atoms with Crippen LogP contribution in [0.2, 0.25) is 0 Å². The van der Waals surface area contributed by atoms with Gasteiger partial charge in [0.2, 0.25) is 0 Å². The second-order valence-corrected chi connectivity index (χ2v) is 4.83. The molecule has 0 aliphatic heterocycles. The van der Waals surface area contributed by atoms with E-state index in [9.17, 15) is 9.59 Å². The van der Waals surface area contributed by atoms with E-state index in [-0.39, 0.29) is 6.54 Å². The van der Waals surface area contributed by atoms with Gasteiger partial charge in [0.05, 0.1) is 25.1 Å². The maximum absolute atomic E-state index is 12.0. The van der Waals surface area contributed by atoms with E-state index >= 15 is 0 Å². The molecule has 2 rings (SSSR count). The minimum atomic E-state index is -0.781. The van der Waals surface area contributed by atoms with Crippen LogP contribution in [-0.4, -0.2) is 32.1 Å². The van der Waals surface area contributed by atoms with Gasteiger partial charge in [0.25, 0.3) is 0 Å². The fourth-order valence-corrected chi connectivity index (χ4v) is 2.07. The zero-order valence-corrected chi connectivity index (χ0v) is 13.6. The van der Waals surface area contributed by atoms with Crippen LogP contribution in [0.5, 0.6) is 5.75 Å². The van der Waals surface area contributed by atoms with Gasteiger partial charge in [-0.15, -0.1) is 0 Å². The van der Waals surface area contributed by atoms with Crippen LogP contribution in [0.25, 0.3) is 0 Å². The Kier molecular flexibility index (Phi) is 6.39. The first-order valence-electron chi connectivity index (χ1n) is 7.53. The highest BCUT2D eigenvalue weighted by molar-refractivity contribution is 6.39. The Morgan fingerprint density at radius 3 is 2.62 bits per heavy atom. The van der Waals surface area contributed by atoms with Crippen molar-refractivity contribution in [2.45, 2.75) is 13.0 Å². The first-order valence-corrected chi connectivity index (χ1v) is 7.53. The monoisotopic (exact) mass is 332 g/mol. The summed E-state index contributed by atoms with van der Waals surface area (Å²) in [6.45, 7) is 2.41. The number of rotatable bonds is 7. The van der Waals surface area contributed by atoms with Crippen LogP contribution >= 0.6 is 0 Å². The number of ether oxygens (including phenoxy) is 2. The van der Waals surface area contributed by atoms with E-state index in [4.69, 9.17) is 13.9 Å². The number of anilines is 1. The third-order valence-corrected chi connectivity index (χ3v) is 3.23. The van der Waals surface area contributed by atoms with E-state index < -0.39 is 17.9 Å². The molecule has 0 aliphatic carbocycles. The van der Waals surface area contributed by atoms with Crippen molar-refractivity contribution >= 4 is 17.5 Å². The molecule has 1 heterocycles. The van der Waals surface area contributed by atoms with Crippen LogP contribution in [0.3, 0.4) is 0 Å². The lowest BCUT2D eigenvalue weighted by Crippen LogP contribution is -2.38. The van der Waals surface area contributed by atoms with Gasteiger partial charge in [0, 0.05) is 7.11 Å². The summed E-state index contributed by atoms with van der Waals surface area (Å²) in [4.78, 5) is 24.0. The standard InChI is InChI=1S/C17H20N2O5/c1-3-23-13-8-5-4-7-12(13)19-17(21)16(20)18-11-15(22-2)14-9-6-10-24-14/h4-10,15H,3,11H2,1-2H3,(H,18,20)(H,19,21). The smallest absolute Gasteiger partial charge is 0.313 e. The summed E-state index contributed by atoms with van der Waals surface area (Å²) in [6.07, 6.45) is 1.05. The van der Waals surface area contributed by atoms with Crippen molar-refractivity contribution in [1.29, 1.82) is 0 Å². The Balaban J connectivity index is 1.92. The fourth-order valence-electron chi connectivity index (χ4n) is 2.07. The summed E-state index contributed by atoms with van der Waals surface area (Å²) >= 11 is 0. The van der Waals surface area contributed by atoms with Crippen LogP contribution in [0.15, 0.2) is 47.1 Å². The molecule has 7 nitrogen and oxygen atoms in total. The van der Waals surface area contributed by atoms with Gasteiger partial charge >= 0.3 is 11.8 Å². The van der Waals surface area contributed by atoms with E-state index in [2.05, 4.69) is 10.6 Å². The Hall–Kier alpha value is -2.80. The van der Waals surface area contributed by atoms with Crippen molar-refractivity contribution in [2.75, 3.05) is 25.6 Å². The molecule has 0 fully saturated rings. The molecule has 1 unspecified atom stereocenters. The summed E-state index contributed by atoms with van der Waals surface area (Å²) < 4.78 is 15.9. The fraction of sp³-hybridized carbons (Fsp3) is 0.294. The average molecular weight is 332 g/mol. The normalized spacial score (nSPS) is 11.6. The van der Waals surface area contributed by atoms with Crippen LogP contribution in [0, 0.1) is 0 Å². The lowest BCUT2D eigenvalue weighted by molar-refractivity contribution is -0.136. The summed E-state index contributed by atoms with van der Waals surface area (Å²) in [5.74, 6) is -0.474. The summed E-state index contributed by atoms with van der Waals surface area (Å²) in [5.41, 5.74) is 0.439. The minimum absolute atomic E-state index is 0.114. The van der Waals surface area contributed by atoms with E-state index in [0.717, 1.165) is 0 Å². The van der Waals surface area contributed by atoms with E-state index in [1.807, 2.05) is 6.92 Å². The molecule has 128 valence electrons. The highest BCUT2D eigenvalue weighted by Gasteiger charge is 2.19. The second-order valence-electron chi connectivity index (χ2n) is 4.83. The van der Waals surface area contributed by atoms with Crippen molar-refractivity contribution in [3.63, 3.8) is 0 Å². The number of para-hydroxylation sites is 2. The van der Waals surface area contributed by atoms with Crippen molar-refractivity contribution in [2.24, 2.45) is 0 Å². The summed E-state index contributed by atoms with van der Waals surface area (Å²) in [7, 11) is 1.50. The molecule has 0 saturated heterocycles. The number of benzene rings is 1. The number of furan rings is 1. The highest BCUT2D eigenvalue weighted by Crippen LogP contribution is 2.23. The Morgan fingerprint density at radius 2 is 1.96 bits per heavy atom. The Labute approximate surface area is 139 Å². The van der Waals surface area contributed by atoms with Crippen LogP contribution < -0.4 is 15.4 Å². The molecule has 0 bridgehead atoms. The molecule has 2 amide bonds. The second kappa shape index (κ2) is 8.73. The molecular formula is C17H20N2O5. The van der Waals surface area contributed by atoms with Gasteiger partial charge in [-0.1, -0.05) is 12.1 Å². The van der Waals surface area contributed by atoms with Gasteiger partial charge in [-0.3, -0.25) is 9.59 Å². The first-order chi connectivity index (χ1) is 11.7. The summed E-state index contributed by atoms with van der Waals surface area (Å²) in [5, 5.41) is 5.05. The van der Waals surface area contributed by atoms with Crippen LogP contribution in [-0.2, 0) is 14.3 Å². The third kappa shape index (κ3) is 4.60. The molecule has 0 saturated carbocycles. The van der Waals surface area contributed by atoms with Gasteiger partial charge in [0.1, 0.15) is 17.6 Å². The third-order valence-electron chi connectivity index (χ3n) is 3.23. The molecule has 2 aromatic rings. The molecule has 2 N–H and O–H groups in total. The van der Waals surface area contributed by atoms with Crippen molar-refractivity contribution in [3.05, 3.63) is 48.4 Å². The highest BCUT2D eigenvalue weighted by atomic mass is 16.5. The molecule has 0 spiro atoms. The molecule has 7 heteroatoms. The van der Waals surface area contributed by atoms with Gasteiger partial charge in [-0.05, 0) is 31.2 Å². The van der Waals surface area contributed by atoms with Gasteiger partial charge in [-0.2, -0.15) is 0 Å².